The number of carbonyl (C=O) groups is 1. The third-order valence-electron chi connectivity index (χ3n) is 4.39. The summed E-state index contributed by atoms with van der Waals surface area (Å²) in [7, 11) is 0. The van der Waals surface area contributed by atoms with Gasteiger partial charge in [0.05, 0.1) is 5.56 Å². The third kappa shape index (κ3) is 3.97. The van der Waals surface area contributed by atoms with Crippen LogP contribution in [0.5, 0.6) is 0 Å². The Labute approximate surface area is 132 Å². The van der Waals surface area contributed by atoms with Crippen molar-refractivity contribution in [1.29, 1.82) is 5.26 Å². The number of piperidine rings is 1. The second-order valence-corrected chi connectivity index (χ2v) is 5.80. The minimum absolute atomic E-state index is 0.171. The highest BCUT2D eigenvalue weighted by Gasteiger charge is 2.26. The fraction of sp³-hybridized carbons (Fsp3) is 0.588. The minimum Gasteiger partial charge on any atom is -0.367 e. The van der Waals surface area contributed by atoms with E-state index in [4.69, 9.17) is 5.26 Å². The first-order chi connectivity index (χ1) is 10.7. The lowest BCUT2D eigenvalue weighted by Gasteiger charge is -2.34. The summed E-state index contributed by atoms with van der Waals surface area (Å²) < 4.78 is 0. The number of hydrogen-bond acceptors (Lipinski definition) is 4. The highest BCUT2D eigenvalue weighted by atomic mass is 16.2. The predicted molar refractivity (Wildman–Crippen MR) is 86.2 cm³/mol. The molecular formula is C17H24N4O. The van der Waals surface area contributed by atoms with Crippen LogP contribution in [-0.2, 0) is 4.79 Å². The SMILES string of the molecule is CCC(CC)C(=O)N1CCC(Nc2ccc(C#N)cn2)CC1. The lowest BCUT2D eigenvalue weighted by atomic mass is 9.98. The van der Waals surface area contributed by atoms with Crippen molar-refractivity contribution in [2.75, 3.05) is 18.4 Å². The summed E-state index contributed by atoms with van der Waals surface area (Å²) in [5, 5.41) is 12.2. The Morgan fingerprint density at radius 1 is 1.41 bits per heavy atom. The molecule has 0 atom stereocenters. The summed E-state index contributed by atoms with van der Waals surface area (Å²) in [6.45, 7) is 5.78. The number of rotatable bonds is 5. The molecule has 0 spiro atoms. The molecule has 118 valence electrons. The molecule has 0 radical (unpaired) electrons. The van der Waals surface area contributed by atoms with Gasteiger partial charge < -0.3 is 10.2 Å². The molecule has 1 saturated heterocycles. The quantitative estimate of drug-likeness (QED) is 0.908. The maximum atomic E-state index is 12.4. The second kappa shape index (κ2) is 7.79. The van der Waals surface area contributed by atoms with E-state index in [-0.39, 0.29) is 5.92 Å². The number of hydrogen-bond donors (Lipinski definition) is 1. The van der Waals surface area contributed by atoms with Crippen LogP contribution < -0.4 is 5.32 Å². The highest BCUT2D eigenvalue weighted by Crippen LogP contribution is 2.19. The first-order valence-electron chi connectivity index (χ1n) is 8.09. The van der Waals surface area contributed by atoms with E-state index in [0.717, 1.165) is 44.6 Å². The largest absolute Gasteiger partial charge is 0.367 e. The molecule has 5 nitrogen and oxygen atoms in total. The molecule has 0 unspecified atom stereocenters. The van der Waals surface area contributed by atoms with Crippen molar-refractivity contribution in [2.45, 2.75) is 45.6 Å². The zero-order valence-electron chi connectivity index (χ0n) is 13.4. The molecule has 0 aliphatic carbocycles. The molecule has 22 heavy (non-hydrogen) atoms. The molecule has 0 saturated carbocycles. The van der Waals surface area contributed by atoms with Gasteiger partial charge in [-0.25, -0.2) is 4.98 Å². The van der Waals surface area contributed by atoms with E-state index in [1.54, 1.807) is 12.3 Å². The first-order valence-corrected chi connectivity index (χ1v) is 8.09. The van der Waals surface area contributed by atoms with E-state index in [1.165, 1.54) is 0 Å². The van der Waals surface area contributed by atoms with Gasteiger partial charge in [-0.2, -0.15) is 5.26 Å². The number of carbonyl (C=O) groups excluding carboxylic acids is 1. The Bertz CT molecular complexity index is 523. The number of anilines is 1. The van der Waals surface area contributed by atoms with Crippen LogP contribution in [0.25, 0.3) is 0 Å². The third-order valence-corrected chi connectivity index (χ3v) is 4.39. The molecule has 5 heteroatoms. The average Bonchev–Trinajstić information content (AvgIpc) is 2.57. The van der Waals surface area contributed by atoms with Gasteiger partial charge in [-0.1, -0.05) is 13.8 Å². The van der Waals surface area contributed by atoms with Crippen LogP contribution in [0.4, 0.5) is 5.82 Å². The molecular weight excluding hydrogens is 276 g/mol. The van der Waals surface area contributed by atoms with Crippen molar-refractivity contribution in [3.05, 3.63) is 23.9 Å². The molecule has 1 fully saturated rings. The van der Waals surface area contributed by atoms with Crippen LogP contribution in [0.1, 0.15) is 45.1 Å². The van der Waals surface area contributed by atoms with Crippen LogP contribution in [0, 0.1) is 17.2 Å². The smallest absolute Gasteiger partial charge is 0.225 e. The van der Waals surface area contributed by atoms with E-state index < -0.39 is 0 Å². The zero-order valence-corrected chi connectivity index (χ0v) is 13.4. The molecule has 1 aliphatic rings. The highest BCUT2D eigenvalue weighted by molar-refractivity contribution is 5.78. The number of amides is 1. The Balaban J connectivity index is 1.84. The van der Waals surface area contributed by atoms with Crippen LogP contribution >= 0.6 is 0 Å². The molecule has 0 aromatic carbocycles. The Kier molecular flexibility index (Phi) is 5.76. The van der Waals surface area contributed by atoms with Crippen molar-refractivity contribution < 1.29 is 4.79 Å². The van der Waals surface area contributed by atoms with Gasteiger partial charge in [0, 0.05) is 31.2 Å². The molecule has 2 heterocycles. The summed E-state index contributed by atoms with van der Waals surface area (Å²) >= 11 is 0. The average molecular weight is 300 g/mol. The van der Waals surface area contributed by atoms with Gasteiger partial charge >= 0.3 is 0 Å². The van der Waals surface area contributed by atoms with Crippen molar-refractivity contribution >= 4 is 11.7 Å². The van der Waals surface area contributed by atoms with E-state index >= 15 is 0 Å². The van der Waals surface area contributed by atoms with Gasteiger partial charge in [0.25, 0.3) is 0 Å². The molecule has 1 aliphatic heterocycles. The van der Waals surface area contributed by atoms with Crippen molar-refractivity contribution in [2.24, 2.45) is 5.92 Å². The van der Waals surface area contributed by atoms with E-state index in [1.807, 2.05) is 11.0 Å². The topological polar surface area (TPSA) is 69.0 Å². The van der Waals surface area contributed by atoms with Crippen LogP contribution in [0.2, 0.25) is 0 Å². The number of nitriles is 1. The van der Waals surface area contributed by atoms with Crippen LogP contribution in [0.3, 0.4) is 0 Å². The van der Waals surface area contributed by atoms with Crippen molar-refractivity contribution in [1.82, 2.24) is 9.88 Å². The monoisotopic (exact) mass is 300 g/mol. The maximum Gasteiger partial charge on any atom is 0.225 e. The first kappa shape index (κ1) is 16.3. The summed E-state index contributed by atoms with van der Waals surface area (Å²) in [5.74, 6) is 1.27. The predicted octanol–water partition coefficient (Wildman–Crippen LogP) is 2.79. The van der Waals surface area contributed by atoms with Crippen LogP contribution in [0.15, 0.2) is 18.3 Å². The van der Waals surface area contributed by atoms with Gasteiger partial charge in [-0.3, -0.25) is 4.79 Å². The van der Waals surface area contributed by atoms with E-state index in [9.17, 15) is 4.79 Å². The standard InChI is InChI=1S/C17H24N4O/c1-3-14(4-2)17(22)21-9-7-15(8-10-21)20-16-6-5-13(11-18)12-19-16/h5-6,12,14-15H,3-4,7-10H2,1-2H3,(H,19,20). The number of nitrogens with zero attached hydrogens (tertiary/aromatic N) is 3. The van der Waals surface area contributed by atoms with Gasteiger partial charge in [-0.05, 0) is 37.8 Å². The van der Waals surface area contributed by atoms with E-state index in [0.29, 0.717) is 17.5 Å². The summed E-state index contributed by atoms with van der Waals surface area (Å²) in [5.41, 5.74) is 0.566. The molecule has 2 rings (SSSR count). The molecule has 0 bridgehead atoms. The molecule has 1 aromatic rings. The normalized spacial score (nSPS) is 15.6. The lowest BCUT2D eigenvalue weighted by Crippen LogP contribution is -2.44. The van der Waals surface area contributed by atoms with Gasteiger partial charge in [0.1, 0.15) is 11.9 Å². The second-order valence-electron chi connectivity index (χ2n) is 5.80. The van der Waals surface area contributed by atoms with Gasteiger partial charge in [-0.15, -0.1) is 0 Å². The van der Waals surface area contributed by atoms with Crippen molar-refractivity contribution in [3.8, 4) is 6.07 Å². The molecule has 1 aromatic heterocycles. The van der Waals surface area contributed by atoms with E-state index in [2.05, 4.69) is 30.2 Å². The Morgan fingerprint density at radius 2 is 2.09 bits per heavy atom. The number of aromatic nitrogens is 1. The Morgan fingerprint density at radius 3 is 2.59 bits per heavy atom. The van der Waals surface area contributed by atoms with Crippen LogP contribution in [-0.4, -0.2) is 34.9 Å². The number of likely N-dealkylation sites (tertiary alicyclic amines) is 1. The summed E-state index contributed by atoms with van der Waals surface area (Å²) in [4.78, 5) is 18.6. The van der Waals surface area contributed by atoms with Gasteiger partial charge in [0.15, 0.2) is 0 Å². The summed E-state index contributed by atoms with van der Waals surface area (Å²) in [6, 6.07) is 6.00. The fourth-order valence-electron chi connectivity index (χ4n) is 2.89. The van der Waals surface area contributed by atoms with Crippen molar-refractivity contribution in [3.63, 3.8) is 0 Å². The molecule has 1 N–H and O–H groups in total. The maximum absolute atomic E-state index is 12.4. The molecule has 1 amide bonds. The lowest BCUT2D eigenvalue weighted by molar-refractivity contribution is -0.136. The zero-order chi connectivity index (χ0) is 15.9. The number of pyridine rings is 1. The summed E-state index contributed by atoms with van der Waals surface area (Å²) in [6.07, 6.45) is 5.29. The number of nitrogens with one attached hydrogen (secondary N) is 1. The van der Waals surface area contributed by atoms with Gasteiger partial charge in [0.2, 0.25) is 5.91 Å². The minimum atomic E-state index is 0.171. The fourth-order valence-corrected chi connectivity index (χ4v) is 2.89. The Hall–Kier alpha value is -2.09.